The van der Waals surface area contributed by atoms with Crippen molar-refractivity contribution in [3.05, 3.63) is 72.3 Å². The van der Waals surface area contributed by atoms with Crippen LogP contribution in [0.3, 0.4) is 0 Å². The molecule has 0 unspecified atom stereocenters. The first kappa shape index (κ1) is 36.0. The maximum Gasteiger partial charge on any atom is 0.481 e. The molecule has 266 valence electrons. The Morgan fingerprint density at radius 2 is 1.60 bits per heavy atom. The lowest BCUT2D eigenvalue weighted by molar-refractivity contribution is -0.130. The van der Waals surface area contributed by atoms with Crippen molar-refractivity contribution < 1.29 is 23.7 Å². The molecule has 1 aliphatic heterocycles. The van der Waals surface area contributed by atoms with Crippen molar-refractivity contribution in [2.75, 3.05) is 0 Å². The van der Waals surface area contributed by atoms with E-state index in [9.17, 15) is 14.4 Å². The SMILES string of the molecule is CC(C)C[C@H](NC(=O)[C@H](Cc1ccc2ccccc2c1)NC(=O)[C@H](CC(C)C)NC(=O)c1cnccn1)B1O[C@@H]2[C@H]3CC[C@H](C3(C)C)[C@]2(C)O1. The lowest BCUT2D eigenvalue weighted by atomic mass is 9.72. The number of fused-ring (bicyclic) bond motifs is 6. The average Bonchev–Trinajstić information content (AvgIpc) is 3.64. The predicted molar refractivity (Wildman–Crippen MR) is 194 cm³/mol. The van der Waals surface area contributed by atoms with Crippen molar-refractivity contribution in [3.63, 3.8) is 0 Å². The quantitative estimate of drug-likeness (QED) is 0.209. The highest BCUT2D eigenvalue weighted by atomic mass is 16.7. The van der Waals surface area contributed by atoms with Crippen molar-refractivity contribution in [2.45, 2.75) is 110 Å². The highest BCUT2D eigenvalue weighted by Crippen LogP contribution is 2.66. The Kier molecular flexibility index (Phi) is 10.4. The minimum atomic E-state index is -0.923. The summed E-state index contributed by atoms with van der Waals surface area (Å²) in [7, 11) is -0.590. The van der Waals surface area contributed by atoms with Gasteiger partial charge in [0.05, 0.1) is 23.8 Å². The van der Waals surface area contributed by atoms with E-state index in [-0.39, 0.29) is 41.4 Å². The molecule has 2 bridgehead atoms. The Morgan fingerprint density at radius 1 is 0.880 bits per heavy atom. The largest absolute Gasteiger partial charge is 0.481 e. The fourth-order valence-electron chi connectivity index (χ4n) is 8.96. The van der Waals surface area contributed by atoms with Crippen molar-refractivity contribution in [3.8, 4) is 0 Å². The molecular formula is C39H52BN5O5. The molecule has 11 heteroatoms. The summed E-state index contributed by atoms with van der Waals surface area (Å²) in [6, 6.07) is 12.3. The van der Waals surface area contributed by atoms with Crippen LogP contribution in [0.15, 0.2) is 61.1 Å². The summed E-state index contributed by atoms with van der Waals surface area (Å²) in [5.41, 5.74) is 0.762. The van der Waals surface area contributed by atoms with Crippen molar-refractivity contribution in [2.24, 2.45) is 29.1 Å². The number of hydrogen-bond acceptors (Lipinski definition) is 7. The molecular weight excluding hydrogens is 629 g/mol. The van der Waals surface area contributed by atoms with E-state index in [4.69, 9.17) is 9.31 Å². The van der Waals surface area contributed by atoms with Gasteiger partial charge in [-0.3, -0.25) is 19.4 Å². The molecule has 2 heterocycles. The number of amides is 3. The zero-order chi connectivity index (χ0) is 35.8. The molecule has 1 aromatic heterocycles. The van der Waals surface area contributed by atoms with Gasteiger partial charge in [0, 0.05) is 18.8 Å². The third-order valence-corrected chi connectivity index (χ3v) is 11.3. The van der Waals surface area contributed by atoms with Crippen LogP contribution in [0.25, 0.3) is 10.8 Å². The molecule has 3 fully saturated rings. The first-order valence-electron chi connectivity index (χ1n) is 18.2. The molecule has 0 spiro atoms. The van der Waals surface area contributed by atoms with Crippen LogP contribution in [-0.4, -0.2) is 64.5 Å². The van der Waals surface area contributed by atoms with Gasteiger partial charge < -0.3 is 25.3 Å². The predicted octanol–water partition coefficient (Wildman–Crippen LogP) is 5.30. The monoisotopic (exact) mass is 681 g/mol. The second-order valence-electron chi connectivity index (χ2n) is 16.2. The molecule has 2 saturated carbocycles. The van der Waals surface area contributed by atoms with E-state index in [1.54, 1.807) is 0 Å². The zero-order valence-corrected chi connectivity index (χ0v) is 30.4. The van der Waals surface area contributed by atoms with Crippen molar-refractivity contribution in [1.82, 2.24) is 25.9 Å². The molecule has 6 rings (SSSR count). The first-order chi connectivity index (χ1) is 23.8. The van der Waals surface area contributed by atoms with E-state index < -0.39 is 42.6 Å². The number of hydrogen-bond donors (Lipinski definition) is 3. The second-order valence-corrected chi connectivity index (χ2v) is 16.2. The Hall–Kier alpha value is -3.83. The number of nitrogens with zero attached hydrogens (tertiary/aromatic N) is 2. The van der Waals surface area contributed by atoms with Gasteiger partial charge in [-0.25, -0.2) is 4.98 Å². The van der Waals surface area contributed by atoms with Crippen molar-refractivity contribution >= 4 is 35.6 Å². The molecule has 2 aromatic carbocycles. The first-order valence-corrected chi connectivity index (χ1v) is 18.2. The van der Waals surface area contributed by atoms with Crippen LogP contribution in [-0.2, 0) is 25.3 Å². The van der Waals surface area contributed by atoms with Gasteiger partial charge in [-0.2, -0.15) is 0 Å². The van der Waals surface area contributed by atoms with Gasteiger partial charge in [0.1, 0.15) is 17.8 Å². The number of carbonyl (C=O) groups is 3. The smallest absolute Gasteiger partial charge is 0.404 e. The summed E-state index contributed by atoms with van der Waals surface area (Å²) in [4.78, 5) is 49.6. The molecule has 0 radical (unpaired) electrons. The second kappa shape index (κ2) is 14.4. The summed E-state index contributed by atoms with van der Waals surface area (Å²) < 4.78 is 13.6. The van der Waals surface area contributed by atoms with E-state index in [1.165, 1.54) is 18.6 Å². The van der Waals surface area contributed by atoms with Crippen LogP contribution in [0.2, 0.25) is 0 Å². The topological polar surface area (TPSA) is 132 Å². The van der Waals surface area contributed by atoms with E-state index in [0.29, 0.717) is 24.7 Å². The Labute approximate surface area is 296 Å². The van der Waals surface area contributed by atoms with E-state index in [1.807, 2.05) is 50.2 Å². The lowest BCUT2D eigenvalue weighted by Gasteiger charge is -2.35. The number of aromatic nitrogens is 2. The summed E-state index contributed by atoms with van der Waals surface area (Å²) >= 11 is 0. The highest BCUT2D eigenvalue weighted by molar-refractivity contribution is 6.48. The van der Waals surface area contributed by atoms with Gasteiger partial charge >= 0.3 is 7.12 Å². The third-order valence-electron chi connectivity index (χ3n) is 11.3. The Morgan fingerprint density at radius 3 is 2.28 bits per heavy atom. The fraction of sp³-hybridized carbons (Fsp3) is 0.564. The van der Waals surface area contributed by atoms with Crippen LogP contribution >= 0.6 is 0 Å². The molecule has 2 aliphatic carbocycles. The molecule has 7 atom stereocenters. The minimum Gasteiger partial charge on any atom is -0.404 e. The maximum atomic E-state index is 14.4. The van der Waals surface area contributed by atoms with Gasteiger partial charge in [-0.15, -0.1) is 0 Å². The Balaban J connectivity index is 1.24. The maximum absolute atomic E-state index is 14.4. The fourth-order valence-corrected chi connectivity index (χ4v) is 8.96. The normalized spacial score (nSPS) is 25.4. The number of nitrogens with one attached hydrogen (secondary N) is 3. The van der Waals surface area contributed by atoms with Gasteiger partial charge in [0.15, 0.2) is 0 Å². The van der Waals surface area contributed by atoms with Crippen LogP contribution in [0.4, 0.5) is 0 Å². The van der Waals surface area contributed by atoms with Gasteiger partial charge in [0.25, 0.3) is 5.91 Å². The van der Waals surface area contributed by atoms with Gasteiger partial charge in [-0.05, 0) is 78.0 Å². The van der Waals surface area contributed by atoms with Crippen LogP contribution in [0.1, 0.15) is 90.2 Å². The van der Waals surface area contributed by atoms with E-state index in [0.717, 1.165) is 29.2 Å². The van der Waals surface area contributed by atoms with Gasteiger partial charge in [0.2, 0.25) is 11.8 Å². The average molecular weight is 682 g/mol. The third kappa shape index (κ3) is 7.30. The number of carbonyl (C=O) groups excluding carboxylic acids is 3. The minimum absolute atomic E-state index is 0.0179. The zero-order valence-electron chi connectivity index (χ0n) is 30.4. The molecule has 10 nitrogen and oxygen atoms in total. The van der Waals surface area contributed by atoms with Crippen LogP contribution < -0.4 is 16.0 Å². The van der Waals surface area contributed by atoms with Crippen LogP contribution in [0, 0.1) is 29.1 Å². The number of benzene rings is 2. The summed E-state index contributed by atoms with van der Waals surface area (Å²) in [5, 5.41) is 11.3. The van der Waals surface area contributed by atoms with Crippen LogP contribution in [0.5, 0.6) is 0 Å². The molecule has 1 saturated heterocycles. The molecule has 3 aliphatic rings. The highest BCUT2D eigenvalue weighted by Gasteiger charge is 2.71. The molecule has 3 aromatic rings. The van der Waals surface area contributed by atoms with E-state index in [2.05, 4.69) is 66.6 Å². The molecule has 3 amide bonds. The standard InChI is InChI=1S/C39H52BN5O5/c1-23(2)18-29(43-37(48)31-22-41-16-17-42-31)35(46)44-30(21-25-12-13-26-10-8-9-11-27(26)20-25)36(47)45-33(19-24(3)4)40-49-34-28-14-15-32(38(28,5)6)39(34,7)50-40/h8-13,16-17,20,22-24,28-30,32-34H,14-15,18-19,21H2,1-7H3,(H,43,48)(H,44,46)(H,45,47)/t28-,29+,30+,32-,33+,34-,39+/m1/s1. The summed E-state index contributed by atoms with van der Waals surface area (Å²) in [5.74, 6) is -0.523. The Bertz CT molecular complexity index is 1700. The summed E-state index contributed by atoms with van der Waals surface area (Å²) in [6.07, 6.45) is 7.78. The number of rotatable bonds is 13. The van der Waals surface area contributed by atoms with Crippen molar-refractivity contribution in [1.29, 1.82) is 0 Å². The molecule has 50 heavy (non-hydrogen) atoms. The lowest BCUT2D eigenvalue weighted by Crippen LogP contribution is -2.58. The van der Waals surface area contributed by atoms with E-state index >= 15 is 0 Å². The molecule has 3 N–H and O–H groups in total. The van der Waals surface area contributed by atoms with Gasteiger partial charge in [-0.1, -0.05) is 84.0 Å². The summed E-state index contributed by atoms with van der Waals surface area (Å²) in [6.45, 7) is 15.0.